The number of hydrogen-bond donors (Lipinski definition) is 2. The van der Waals surface area contributed by atoms with E-state index in [0.717, 1.165) is 5.56 Å². The van der Waals surface area contributed by atoms with Gasteiger partial charge in [0.2, 0.25) is 11.8 Å². The zero-order chi connectivity index (χ0) is 23.3. The number of fused-ring (bicyclic) bond motifs is 1. The summed E-state index contributed by atoms with van der Waals surface area (Å²) >= 11 is 0. The number of alkyl halides is 5. The molecule has 4 rings (SSSR count). The first kappa shape index (κ1) is 22.9. The highest BCUT2D eigenvalue weighted by Crippen LogP contribution is 2.51. The number of nitrogens with zero attached hydrogens (tertiary/aromatic N) is 3. The average molecular weight is 459 g/mol. The molecule has 2 saturated carbocycles. The molecule has 2 aliphatic carbocycles. The quantitative estimate of drug-likeness (QED) is 0.609. The van der Waals surface area contributed by atoms with E-state index in [9.17, 15) is 26.7 Å². The fraction of sp³-hybridized carbons (Fsp3) is 0.667. The van der Waals surface area contributed by atoms with Gasteiger partial charge in [-0.05, 0) is 55.1 Å². The van der Waals surface area contributed by atoms with Crippen molar-refractivity contribution in [1.29, 1.82) is 0 Å². The molecule has 6 nitrogen and oxygen atoms in total. The van der Waals surface area contributed by atoms with E-state index in [-0.39, 0.29) is 37.0 Å². The Labute approximate surface area is 181 Å². The molecule has 0 aromatic carbocycles. The number of primary amides is 1. The summed E-state index contributed by atoms with van der Waals surface area (Å²) in [7, 11) is 0. The summed E-state index contributed by atoms with van der Waals surface area (Å²) in [5, 5.41) is 4.33. The van der Waals surface area contributed by atoms with Crippen LogP contribution in [0.4, 0.5) is 22.0 Å². The fourth-order valence-corrected chi connectivity index (χ4v) is 4.80. The lowest BCUT2D eigenvalue weighted by Crippen LogP contribution is -2.31. The van der Waals surface area contributed by atoms with Crippen LogP contribution < -0.4 is 11.5 Å². The second-order valence-electron chi connectivity index (χ2n) is 9.23. The Morgan fingerprint density at radius 3 is 2.59 bits per heavy atom. The summed E-state index contributed by atoms with van der Waals surface area (Å²) < 4.78 is 66.5. The number of nitrogens with two attached hydrogens (primary N) is 2. The SMILES string of the molecule is NC(=O)[C@H](CC1CC1c1cnn2cc([C@@H](N)C3CCC(F)(F)CC3)nc2c1)CC(F)(F)F. The molecular formula is C21H26F5N5O. The maximum Gasteiger partial charge on any atom is 0.389 e. The third kappa shape index (κ3) is 5.19. The molecule has 2 unspecified atom stereocenters. The number of amides is 1. The van der Waals surface area contributed by atoms with Crippen molar-refractivity contribution in [2.45, 2.75) is 69.0 Å². The van der Waals surface area contributed by atoms with Crippen LogP contribution in [0.15, 0.2) is 18.5 Å². The molecule has 2 heterocycles. The molecule has 4 N–H and O–H groups in total. The van der Waals surface area contributed by atoms with Crippen LogP contribution in [-0.4, -0.2) is 32.6 Å². The summed E-state index contributed by atoms with van der Waals surface area (Å²) in [6.07, 6.45) is -1.26. The predicted octanol–water partition coefficient (Wildman–Crippen LogP) is 4.10. The van der Waals surface area contributed by atoms with Crippen LogP contribution in [0.25, 0.3) is 5.65 Å². The fourth-order valence-electron chi connectivity index (χ4n) is 4.80. The molecule has 0 spiro atoms. The van der Waals surface area contributed by atoms with Crippen molar-refractivity contribution in [2.24, 2.45) is 29.2 Å². The second-order valence-corrected chi connectivity index (χ2v) is 9.23. The first-order valence-corrected chi connectivity index (χ1v) is 10.8. The standard InChI is InChI=1S/C21H26F5N5O/c22-20(23)3-1-11(2-4-20)18(27)16-10-31-17(30-16)7-14(9-29-31)15-6-12(15)5-13(19(28)32)8-21(24,25)26/h7,9-13,15,18H,1-6,8,27H2,(H2,28,32)/t12?,13-,15?,18+/m1/s1. The Morgan fingerprint density at radius 1 is 1.28 bits per heavy atom. The van der Waals surface area contributed by atoms with Gasteiger partial charge in [0.15, 0.2) is 5.65 Å². The lowest BCUT2D eigenvalue weighted by molar-refractivity contribution is -0.153. The van der Waals surface area contributed by atoms with Crippen LogP contribution in [0.2, 0.25) is 0 Å². The number of carbonyl (C=O) groups excluding carboxylic acids is 1. The van der Waals surface area contributed by atoms with Crippen molar-refractivity contribution in [3.8, 4) is 0 Å². The molecule has 2 aliphatic rings. The smallest absolute Gasteiger partial charge is 0.369 e. The molecule has 2 aromatic rings. The zero-order valence-electron chi connectivity index (χ0n) is 17.4. The van der Waals surface area contributed by atoms with Crippen molar-refractivity contribution in [1.82, 2.24) is 14.6 Å². The van der Waals surface area contributed by atoms with Gasteiger partial charge in [-0.1, -0.05) is 0 Å². The number of halogens is 5. The van der Waals surface area contributed by atoms with Gasteiger partial charge in [-0.2, -0.15) is 18.3 Å². The van der Waals surface area contributed by atoms with Crippen molar-refractivity contribution in [3.05, 3.63) is 29.7 Å². The van der Waals surface area contributed by atoms with Gasteiger partial charge in [0.05, 0.1) is 30.6 Å². The minimum absolute atomic E-state index is 0.00279. The third-order valence-corrected chi connectivity index (χ3v) is 6.79. The maximum atomic E-state index is 13.4. The van der Waals surface area contributed by atoms with E-state index in [1.54, 1.807) is 16.9 Å². The van der Waals surface area contributed by atoms with Gasteiger partial charge in [0, 0.05) is 18.8 Å². The van der Waals surface area contributed by atoms with Crippen molar-refractivity contribution in [3.63, 3.8) is 0 Å². The molecule has 0 bridgehead atoms. The molecular weight excluding hydrogens is 433 g/mol. The van der Waals surface area contributed by atoms with Gasteiger partial charge in [0.25, 0.3) is 0 Å². The van der Waals surface area contributed by atoms with Crippen molar-refractivity contribution >= 4 is 11.6 Å². The highest BCUT2D eigenvalue weighted by atomic mass is 19.4. The number of carbonyl (C=O) groups is 1. The van der Waals surface area contributed by atoms with Crippen molar-refractivity contribution < 1.29 is 26.7 Å². The summed E-state index contributed by atoms with van der Waals surface area (Å²) in [5.41, 5.74) is 13.4. The average Bonchev–Trinajstić information content (AvgIpc) is 3.32. The number of aromatic nitrogens is 3. The van der Waals surface area contributed by atoms with E-state index >= 15 is 0 Å². The lowest BCUT2D eigenvalue weighted by Gasteiger charge is -2.31. The minimum atomic E-state index is -4.44. The number of rotatable bonds is 7. The van der Waals surface area contributed by atoms with E-state index < -0.39 is 36.4 Å². The van der Waals surface area contributed by atoms with Crippen LogP contribution in [0, 0.1) is 17.8 Å². The van der Waals surface area contributed by atoms with Crippen LogP contribution in [0.5, 0.6) is 0 Å². The van der Waals surface area contributed by atoms with Crippen LogP contribution in [0.3, 0.4) is 0 Å². The summed E-state index contributed by atoms with van der Waals surface area (Å²) in [6.45, 7) is 0. The summed E-state index contributed by atoms with van der Waals surface area (Å²) in [5.74, 6) is -4.95. The second kappa shape index (κ2) is 8.24. The minimum Gasteiger partial charge on any atom is -0.369 e. The first-order valence-electron chi connectivity index (χ1n) is 10.8. The van der Waals surface area contributed by atoms with Crippen LogP contribution in [-0.2, 0) is 4.79 Å². The molecule has 32 heavy (non-hydrogen) atoms. The van der Waals surface area contributed by atoms with Crippen LogP contribution >= 0.6 is 0 Å². The molecule has 2 aromatic heterocycles. The highest BCUT2D eigenvalue weighted by Gasteiger charge is 2.44. The van der Waals surface area contributed by atoms with E-state index in [2.05, 4.69) is 10.1 Å². The van der Waals surface area contributed by atoms with E-state index in [4.69, 9.17) is 11.5 Å². The molecule has 0 aliphatic heterocycles. The highest BCUT2D eigenvalue weighted by molar-refractivity contribution is 5.76. The Hall–Kier alpha value is -2.30. The predicted molar refractivity (Wildman–Crippen MR) is 106 cm³/mol. The Kier molecular flexibility index (Phi) is 5.89. The number of hydrogen-bond acceptors (Lipinski definition) is 4. The van der Waals surface area contributed by atoms with E-state index in [1.165, 1.54) is 0 Å². The summed E-state index contributed by atoms with van der Waals surface area (Å²) in [4.78, 5) is 16.0. The van der Waals surface area contributed by atoms with Gasteiger partial charge < -0.3 is 11.5 Å². The number of imidazole rings is 1. The molecule has 11 heteroatoms. The Bertz CT molecular complexity index is 981. The topological polar surface area (TPSA) is 99.3 Å². The van der Waals surface area contributed by atoms with Gasteiger partial charge in [-0.15, -0.1) is 0 Å². The molecule has 4 atom stereocenters. The monoisotopic (exact) mass is 459 g/mol. The lowest BCUT2D eigenvalue weighted by atomic mass is 9.81. The van der Waals surface area contributed by atoms with E-state index in [1.807, 2.05) is 6.07 Å². The molecule has 0 saturated heterocycles. The molecule has 1 amide bonds. The van der Waals surface area contributed by atoms with Crippen molar-refractivity contribution in [2.75, 3.05) is 0 Å². The molecule has 2 fully saturated rings. The van der Waals surface area contributed by atoms with Crippen LogP contribution in [0.1, 0.15) is 68.2 Å². The van der Waals surface area contributed by atoms with Gasteiger partial charge >= 0.3 is 6.18 Å². The Morgan fingerprint density at radius 2 is 1.97 bits per heavy atom. The van der Waals surface area contributed by atoms with Gasteiger partial charge in [0.1, 0.15) is 0 Å². The molecule has 0 radical (unpaired) electrons. The van der Waals surface area contributed by atoms with Gasteiger partial charge in [-0.25, -0.2) is 18.3 Å². The first-order chi connectivity index (χ1) is 14.9. The summed E-state index contributed by atoms with van der Waals surface area (Å²) in [6, 6.07) is 1.34. The normalized spacial score (nSPS) is 25.6. The zero-order valence-corrected chi connectivity index (χ0v) is 17.4. The third-order valence-electron chi connectivity index (χ3n) is 6.79. The maximum absolute atomic E-state index is 13.4. The Balaban J connectivity index is 1.42. The largest absolute Gasteiger partial charge is 0.389 e. The van der Waals surface area contributed by atoms with Gasteiger partial charge in [-0.3, -0.25) is 4.79 Å². The molecule has 176 valence electrons. The van der Waals surface area contributed by atoms with E-state index in [0.29, 0.717) is 30.6 Å².